The average Bonchev–Trinajstić information content (AvgIpc) is 2.47. The first-order valence-corrected chi connectivity index (χ1v) is 6.71. The van der Waals surface area contributed by atoms with Crippen LogP contribution < -0.4 is 4.74 Å². The standard InChI is InChI=1S/C18H20O2/c1-13(19)14-5-7-15(8-6-14)18(2,3)16-9-11-17(20-4)12-10-16/h5-12H,1-4H3. The van der Waals surface area contributed by atoms with Crippen LogP contribution in [0.4, 0.5) is 0 Å². The maximum atomic E-state index is 11.3. The molecule has 0 aromatic heterocycles. The van der Waals surface area contributed by atoms with Crippen LogP contribution in [0.3, 0.4) is 0 Å². The van der Waals surface area contributed by atoms with Gasteiger partial charge >= 0.3 is 0 Å². The molecule has 0 spiro atoms. The van der Waals surface area contributed by atoms with E-state index in [1.807, 2.05) is 36.4 Å². The van der Waals surface area contributed by atoms with Crippen molar-refractivity contribution in [3.8, 4) is 5.75 Å². The van der Waals surface area contributed by atoms with Crippen molar-refractivity contribution in [2.24, 2.45) is 0 Å². The first kappa shape index (κ1) is 14.3. The first-order valence-electron chi connectivity index (χ1n) is 6.71. The second kappa shape index (κ2) is 5.49. The fourth-order valence-corrected chi connectivity index (χ4v) is 2.30. The van der Waals surface area contributed by atoms with Crippen LogP contribution >= 0.6 is 0 Å². The third-order valence-electron chi connectivity index (χ3n) is 3.82. The molecule has 0 heterocycles. The highest BCUT2D eigenvalue weighted by Gasteiger charge is 2.23. The molecule has 0 aliphatic heterocycles. The molecule has 2 nitrogen and oxygen atoms in total. The lowest BCUT2D eigenvalue weighted by Crippen LogP contribution is -2.18. The van der Waals surface area contributed by atoms with Crippen molar-refractivity contribution >= 4 is 5.78 Å². The van der Waals surface area contributed by atoms with Gasteiger partial charge in [0, 0.05) is 11.0 Å². The van der Waals surface area contributed by atoms with Gasteiger partial charge in [0.1, 0.15) is 5.75 Å². The minimum atomic E-state index is -0.110. The predicted molar refractivity (Wildman–Crippen MR) is 81.6 cm³/mol. The Morgan fingerprint density at radius 3 is 1.75 bits per heavy atom. The van der Waals surface area contributed by atoms with Crippen LogP contribution in [0.5, 0.6) is 5.75 Å². The summed E-state index contributed by atoms with van der Waals surface area (Å²) >= 11 is 0. The van der Waals surface area contributed by atoms with Gasteiger partial charge in [0.05, 0.1) is 7.11 Å². The van der Waals surface area contributed by atoms with E-state index in [2.05, 4.69) is 26.0 Å². The summed E-state index contributed by atoms with van der Waals surface area (Å²) in [7, 11) is 1.67. The van der Waals surface area contributed by atoms with Gasteiger partial charge in [-0.1, -0.05) is 50.2 Å². The molecule has 0 amide bonds. The van der Waals surface area contributed by atoms with E-state index in [0.29, 0.717) is 0 Å². The number of carbonyl (C=O) groups excluding carboxylic acids is 1. The number of carbonyl (C=O) groups is 1. The molecule has 2 aromatic rings. The SMILES string of the molecule is COc1ccc(C(C)(C)c2ccc(C(C)=O)cc2)cc1. The minimum absolute atomic E-state index is 0.0961. The van der Waals surface area contributed by atoms with Gasteiger partial charge in [-0.3, -0.25) is 4.79 Å². The van der Waals surface area contributed by atoms with Crippen molar-refractivity contribution in [2.75, 3.05) is 7.11 Å². The molecule has 0 unspecified atom stereocenters. The number of rotatable bonds is 4. The Balaban J connectivity index is 2.34. The number of ketones is 1. The minimum Gasteiger partial charge on any atom is -0.497 e. The highest BCUT2D eigenvalue weighted by Crippen LogP contribution is 2.32. The van der Waals surface area contributed by atoms with Crippen molar-refractivity contribution in [3.05, 3.63) is 65.2 Å². The zero-order chi connectivity index (χ0) is 14.8. The molecular weight excluding hydrogens is 248 g/mol. The summed E-state index contributed by atoms with van der Waals surface area (Å²) in [5.41, 5.74) is 3.04. The zero-order valence-electron chi connectivity index (χ0n) is 12.4. The Bertz CT molecular complexity index is 592. The van der Waals surface area contributed by atoms with E-state index in [-0.39, 0.29) is 11.2 Å². The maximum Gasteiger partial charge on any atom is 0.159 e. The van der Waals surface area contributed by atoms with Crippen molar-refractivity contribution < 1.29 is 9.53 Å². The van der Waals surface area contributed by atoms with E-state index in [1.54, 1.807) is 14.0 Å². The molecule has 0 radical (unpaired) electrons. The number of ether oxygens (including phenoxy) is 1. The van der Waals surface area contributed by atoms with Crippen LogP contribution in [-0.4, -0.2) is 12.9 Å². The fraction of sp³-hybridized carbons (Fsp3) is 0.278. The topological polar surface area (TPSA) is 26.3 Å². The lowest BCUT2D eigenvalue weighted by molar-refractivity contribution is 0.101. The van der Waals surface area contributed by atoms with Crippen LogP contribution in [0.2, 0.25) is 0 Å². The van der Waals surface area contributed by atoms with E-state index in [0.717, 1.165) is 11.3 Å². The second-order valence-electron chi connectivity index (χ2n) is 5.49. The third-order valence-corrected chi connectivity index (χ3v) is 3.82. The number of benzene rings is 2. The Labute approximate surface area is 120 Å². The molecule has 0 aliphatic rings. The lowest BCUT2D eigenvalue weighted by Gasteiger charge is -2.26. The van der Waals surface area contributed by atoms with Crippen molar-refractivity contribution in [1.29, 1.82) is 0 Å². The molecule has 0 aliphatic carbocycles. The summed E-state index contributed by atoms with van der Waals surface area (Å²) in [6, 6.07) is 15.9. The summed E-state index contributed by atoms with van der Waals surface area (Å²) < 4.78 is 5.19. The molecule has 0 saturated heterocycles. The number of hydrogen-bond acceptors (Lipinski definition) is 2. The van der Waals surface area contributed by atoms with Gasteiger partial charge in [0.25, 0.3) is 0 Å². The Hall–Kier alpha value is -2.09. The average molecular weight is 268 g/mol. The highest BCUT2D eigenvalue weighted by molar-refractivity contribution is 5.94. The van der Waals surface area contributed by atoms with Crippen molar-refractivity contribution in [1.82, 2.24) is 0 Å². The molecule has 20 heavy (non-hydrogen) atoms. The molecule has 0 N–H and O–H groups in total. The van der Waals surface area contributed by atoms with Crippen molar-refractivity contribution in [2.45, 2.75) is 26.2 Å². The number of hydrogen-bond donors (Lipinski definition) is 0. The highest BCUT2D eigenvalue weighted by atomic mass is 16.5. The van der Waals surface area contributed by atoms with E-state index >= 15 is 0 Å². The summed E-state index contributed by atoms with van der Waals surface area (Å²) in [6.45, 7) is 5.94. The molecule has 104 valence electrons. The zero-order valence-corrected chi connectivity index (χ0v) is 12.4. The summed E-state index contributed by atoms with van der Waals surface area (Å²) in [6.07, 6.45) is 0. The molecule has 0 atom stereocenters. The molecule has 2 heteroatoms. The van der Waals surface area contributed by atoms with Gasteiger partial charge in [-0.2, -0.15) is 0 Å². The Morgan fingerprint density at radius 1 is 0.900 bits per heavy atom. The van der Waals surface area contributed by atoms with Crippen LogP contribution in [0.1, 0.15) is 42.3 Å². The Kier molecular flexibility index (Phi) is 3.93. The smallest absolute Gasteiger partial charge is 0.159 e. The van der Waals surface area contributed by atoms with Gasteiger partial charge < -0.3 is 4.74 Å². The van der Waals surface area contributed by atoms with E-state index in [1.165, 1.54) is 11.1 Å². The van der Waals surface area contributed by atoms with E-state index in [9.17, 15) is 4.79 Å². The molecule has 0 bridgehead atoms. The number of methoxy groups -OCH3 is 1. The molecule has 2 rings (SSSR count). The fourth-order valence-electron chi connectivity index (χ4n) is 2.30. The maximum absolute atomic E-state index is 11.3. The lowest BCUT2D eigenvalue weighted by atomic mass is 9.78. The monoisotopic (exact) mass is 268 g/mol. The molecule has 2 aromatic carbocycles. The van der Waals surface area contributed by atoms with Crippen LogP contribution in [-0.2, 0) is 5.41 Å². The quantitative estimate of drug-likeness (QED) is 0.776. The van der Waals surface area contributed by atoms with E-state index in [4.69, 9.17) is 4.74 Å². The Morgan fingerprint density at radius 2 is 1.35 bits per heavy atom. The van der Waals surface area contributed by atoms with Crippen LogP contribution in [0.25, 0.3) is 0 Å². The number of Topliss-reactive ketones (excluding diaryl/α,β-unsaturated/α-hetero) is 1. The predicted octanol–water partition coefficient (Wildman–Crippen LogP) is 4.22. The van der Waals surface area contributed by atoms with Gasteiger partial charge in [-0.25, -0.2) is 0 Å². The molecule has 0 fully saturated rings. The van der Waals surface area contributed by atoms with Crippen LogP contribution in [0.15, 0.2) is 48.5 Å². The van der Waals surface area contributed by atoms with Gasteiger partial charge in [0.15, 0.2) is 5.78 Å². The van der Waals surface area contributed by atoms with Gasteiger partial charge in [-0.15, -0.1) is 0 Å². The largest absolute Gasteiger partial charge is 0.497 e. The summed E-state index contributed by atoms with van der Waals surface area (Å²) in [5.74, 6) is 0.954. The first-order chi connectivity index (χ1) is 9.45. The van der Waals surface area contributed by atoms with Gasteiger partial charge in [0.2, 0.25) is 0 Å². The third kappa shape index (κ3) is 2.74. The second-order valence-corrected chi connectivity index (χ2v) is 5.49. The van der Waals surface area contributed by atoms with Gasteiger partial charge in [-0.05, 0) is 30.2 Å². The van der Waals surface area contributed by atoms with E-state index < -0.39 is 0 Å². The van der Waals surface area contributed by atoms with Crippen LogP contribution in [0, 0.1) is 0 Å². The van der Waals surface area contributed by atoms with Crippen molar-refractivity contribution in [3.63, 3.8) is 0 Å². The summed E-state index contributed by atoms with van der Waals surface area (Å²) in [4.78, 5) is 11.3. The normalized spacial score (nSPS) is 11.2. The molecule has 0 saturated carbocycles. The summed E-state index contributed by atoms with van der Waals surface area (Å²) in [5, 5.41) is 0. The molecular formula is C18H20O2.